The van der Waals surface area contributed by atoms with Gasteiger partial charge in [-0.2, -0.15) is 0 Å². The molecule has 5 nitrogen and oxygen atoms in total. The van der Waals surface area contributed by atoms with Crippen LogP contribution in [0, 0.1) is 0 Å². The molecule has 0 saturated carbocycles. The summed E-state index contributed by atoms with van der Waals surface area (Å²) in [6.07, 6.45) is 4.25. The number of carbonyl (C=O) groups excluding carboxylic acids is 2. The van der Waals surface area contributed by atoms with Crippen LogP contribution in [-0.4, -0.2) is 23.3 Å². The molecule has 2 aromatic carbocycles. The van der Waals surface area contributed by atoms with Gasteiger partial charge in [0.2, 0.25) is 11.8 Å². The van der Waals surface area contributed by atoms with E-state index < -0.39 is 0 Å². The number of nitrogens with zero attached hydrogens (tertiary/aromatic N) is 1. The molecule has 2 amide bonds. The molecule has 5 heteroatoms. The lowest BCUT2D eigenvalue weighted by Crippen LogP contribution is -2.23. The highest BCUT2D eigenvalue weighted by atomic mass is 16.3. The molecular formula is C25H26N2O3. The van der Waals surface area contributed by atoms with Crippen LogP contribution in [0.15, 0.2) is 71.3 Å². The van der Waals surface area contributed by atoms with Crippen LogP contribution in [0.25, 0.3) is 11.1 Å². The van der Waals surface area contributed by atoms with Crippen LogP contribution in [0.2, 0.25) is 0 Å². The third kappa shape index (κ3) is 4.98. The first kappa shape index (κ1) is 20.0. The minimum Gasteiger partial charge on any atom is -0.469 e. The van der Waals surface area contributed by atoms with Crippen LogP contribution >= 0.6 is 0 Å². The molecule has 30 heavy (non-hydrogen) atoms. The number of hydrogen-bond acceptors (Lipinski definition) is 3. The van der Waals surface area contributed by atoms with Crippen LogP contribution in [0.4, 0.5) is 0 Å². The number of carbonyl (C=O) groups is 2. The van der Waals surface area contributed by atoms with Crippen molar-refractivity contribution in [2.24, 2.45) is 0 Å². The Bertz CT molecular complexity index is 993. The molecule has 0 aliphatic carbocycles. The average Bonchev–Trinajstić information content (AvgIpc) is 3.44. The summed E-state index contributed by atoms with van der Waals surface area (Å²) in [5.41, 5.74) is 4.42. The summed E-state index contributed by atoms with van der Waals surface area (Å²) < 4.78 is 5.28. The van der Waals surface area contributed by atoms with E-state index >= 15 is 0 Å². The Labute approximate surface area is 176 Å². The number of furan rings is 1. The van der Waals surface area contributed by atoms with Gasteiger partial charge < -0.3 is 14.6 Å². The van der Waals surface area contributed by atoms with Gasteiger partial charge in [-0.3, -0.25) is 9.59 Å². The number of nitrogens with one attached hydrogen (secondary N) is 1. The molecule has 0 unspecified atom stereocenters. The molecule has 0 bridgehead atoms. The van der Waals surface area contributed by atoms with Crippen molar-refractivity contribution in [2.45, 2.75) is 38.8 Å². The van der Waals surface area contributed by atoms with Crippen LogP contribution in [0.3, 0.4) is 0 Å². The van der Waals surface area contributed by atoms with Gasteiger partial charge in [0.05, 0.1) is 6.26 Å². The van der Waals surface area contributed by atoms with Crippen molar-refractivity contribution in [3.8, 4) is 11.1 Å². The normalized spacial score (nSPS) is 13.6. The quantitative estimate of drug-likeness (QED) is 0.610. The highest BCUT2D eigenvalue weighted by Crippen LogP contribution is 2.25. The third-order valence-electron chi connectivity index (χ3n) is 5.48. The fraction of sp³-hybridized carbons (Fsp3) is 0.280. The molecule has 154 valence electrons. The van der Waals surface area contributed by atoms with Crippen molar-refractivity contribution in [1.29, 1.82) is 0 Å². The maximum absolute atomic E-state index is 12.2. The Kier molecular flexibility index (Phi) is 6.28. The Balaban J connectivity index is 1.37. The van der Waals surface area contributed by atoms with E-state index in [1.54, 1.807) is 6.26 Å². The van der Waals surface area contributed by atoms with E-state index in [-0.39, 0.29) is 11.8 Å². The summed E-state index contributed by atoms with van der Waals surface area (Å²) >= 11 is 0. The van der Waals surface area contributed by atoms with E-state index in [2.05, 4.69) is 35.6 Å². The van der Waals surface area contributed by atoms with Crippen molar-refractivity contribution in [1.82, 2.24) is 10.2 Å². The fourth-order valence-electron chi connectivity index (χ4n) is 3.81. The van der Waals surface area contributed by atoms with E-state index in [0.717, 1.165) is 41.0 Å². The Morgan fingerprint density at radius 2 is 1.87 bits per heavy atom. The summed E-state index contributed by atoms with van der Waals surface area (Å²) in [5, 5.41) is 3.01. The molecule has 0 atom stereocenters. The van der Waals surface area contributed by atoms with Gasteiger partial charge in [-0.25, -0.2) is 0 Å². The van der Waals surface area contributed by atoms with Gasteiger partial charge in [0.1, 0.15) is 5.76 Å². The zero-order valence-corrected chi connectivity index (χ0v) is 17.0. The molecule has 1 saturated heterocycles. The van der Waals surface area contributed by atoms with Crippen molar-refractivity contribution >= 4 is 11.8 Å². The van der Waals surface area contributed by atoms with Gasteiger partial charge in [-0.05, 0) is 40.8 Å². The zero-order chi connectivity index (χ0) is 20.8. The maximum Gasteiger partial charge on any atom is 0.222 e. The molecule has 1 aromatic heterocycles. The largest absolute Gasteiger partial charge is 0.469 e. The maximum atomic E-state index is 12.2. The standard InChI is InChI=1S/C25H26N2O3/c28-24(14-13-22-6-4-16-30-22)26-17-21-5-1-2-7-23(21)20-11-9-19(10-12-20)18-27-15-3-8-25(27)29/h1-2,4-7,9-12,16H,3,8,13-15,17-18H2,(H,26,28). The predicted molar refractivity (Wildman–Crippen MR) is 115 cm³/mol. The van der Waals surface area contributed by atoms with Crippen LogP contribution in [0.5, 0.6) is 0 Å². The fourth-order valence-corrected chi connectivity index (χ4v) is 3.81. The number of benzene rings is 2. The SMILES string of the molecule is O=C(CCc1ccco1)NCc1ccccc1-c1ccc(CN2CCCC2=O)cc1. The van der Waals surface area contributed by atoms with E-state index in [0.29, 0.717) is 32.4 Å². The second kappa shape index (κ2) is 9.44. The Morgan fingerprint density at radius 3 is 2.60 bits per heavy atom. The lowest BCUT2D eigenvalue weighted by atomic mass is 9.98. The first-order valence-electron chi connectivity index (χ1n) is 10.4. The van der Waals surface area contributed by atoms with E-state index in [9.17, 15) is 9.59 Å². The van der Waals surface area contributed by atoms with Crippen molar-refractivity contribution in [3.63, 3.8) is 0 Å². The molecule has 1 N–H and O–H groups in total. The second-order valence-electron chi connectivity index (χ2n) is 7.63. The minimum atomic E-state index is 0.00633. The van der Waals surface area contributed by atoms with Crippen molar-refractivity contribution in [3.05, 3.63) is 83.8 Å². The van der Waals surface area contributed by atoms with Crippen LogP contribution in [0.1, 0.15) is 36.1 Å². The second-order valence-corrected chi connectivity index (χ2v) is 7.63. The Hall–Kier alpha value is -3.34. The molecule has 1 aliphatic heterocycles. The molecule has 3 aromatic rings. The molecule has 1 fully saturated rings. The van der Waals surface area contributed by atoms with E-state index in [4.69, 9.17) is 4.42 Å². The smallest absolute Gasteiger partial charge is 0.222 e. The summed E-state index contributed by atoms with van der Waals surface area (Å²) in [7, 11) is 0. The lowest BCUT2D eigenvalue weighted by molar-refractivity contribution is -0.128. The number of amides is 2. The molecule has 4 rings (SSSR count). The molecular weight excluding hydrogens is 376 g/mol. The van der Waals surface area contributed by atoms with Gasteiger partial charge >= 0.3 is 0 Å². The predicted octanol–water partition coefficient (Wildman–Crippen LogP) is 4.32. The van der Waals surface area contributed by atoms with E-state index in [1.165, 1.54) is 0 Å². The highest BCUT2D eigenvalue weighted by molar-refractivity contribution is 5.78. The molecule has 0 spiro atoms. The third-order valence-corrected chi connectivity index (χ3v) is 5.48. The Morgan fingerprint density at radius 1 is 1.03 bits per heavy atom. The average molecular weight is 402 g/mol. The minimum absolute atomic E-state index is 0.00633. The number of rotatable bonds is 8. The first-order chi connectivity index (χ1) is 14.7. The molecule has 2 heterocycles. The lowest BCUT2D eigenvalue weighted by Gasteiger charge is -2.16. The monoisotopic (exact) mass is 402 g/mol. The van der Waals surface area contributed by atoms with E-state index in [1.807, 2.05) is 35.2 Å². The first-order valence-corrected chi connectivity index (χ1v) is 10.4. The number of aryl methyl sites for hydroxylation is 1. The van der Waals surface area contributed by atoms with Gasteiger partial charge in [-0.15, -0.1) is 0 Å². The number of hydrogen-bond donors (Lipinski definition) is 1. The summed E-state index contributed by atoms with van der Waals surface area (Å²) in [5.74, 6) is 1.07. The van der Waals surface area contributed by atoms with Gasteiger partial charge in [0.15, 0.2) is 0 Å². The summed E-state index contributed by atoms with van der Waals surface area (Å²) in [4.78, 5) is 26.0. The van der Waals surface area contributed by atoms with Crippen molar-refractivity contribution in [2.75, 3.05) is 6.54 Å². The summed E-state index contributed by atoms with van der Waals surface area (Å²) in [6.45, 7) is 2.01. The summed E-state index contributed by atoms with van der Waals surface area (Å²) in [6, 6.07) is 20.2. The van der Waals surface area contributed by atoms with Gasteiger partial charge in [-0.1, -0.05) is 48.5 Å². The highest BCUT2D eigenvalue weighted by Gasteiger charge is 2.19. The van der Waals surface area contributed by atoms with Crippen LogP contribution in [-0.2, 0) is 29.1 Å². The molecule has 0 radical (unpaired) electrons. The molecule has 1 aliphatic rings. The van der Waals surface area contributed by atoms with Gasteiger partial charge in [0.25, 0.3) is 0 Å². The topological polar surface area (TPSA) is 62.6 Å². The van der Waals surface area contributed by atoms with Gasteiger partial charge in [0, 0.05) is 38.9 Å². The number of likely N-dealkylation sites (tertiary alicyclic amines) is 1. The van der Waals surface area contributed by atoms with Crippen LogP contribution < -0.4 is 5.32 Å². The van der Waals surface area contributed by atoms with Crippen molar-refractivity contribution < 1.29 is 14.0 Å². The zero-order valence-electron chi connectivity index (χ0n) is 17.0.